The van der Waals surface area contributed by atoms with E-state index < -0.39 is 35.8 Å². The lowest BCUT2D eigenvalue weighted by molar-refractivity contribution is -0.0841. The minimum absolute atomic E-state index is 0.154. The molecule has 9 nitrogen and oxygen atoms in total. The monoisotopic (exact) mass is 309 g/mol. The van der Waals surface area contributed by atoms with Crippen molar-refractivity contribution in [2.24, 2.45) is 5.73 Å². The molecule has 5 atom stereocenters. The third-order valence-corrected chi connectivity index (χ3v) is 3.53. The molecule has 1 unspecified atom stereocenters. The predicted octanol–water partition coefficient (Wildman–Crippen LogP) is -1.77. The van der Waals surface area contributed by atoms with Crippen LogP contribution in [-0.4, -0.2) is 50.6 Å². The van der Waals surface area contributed by atoms with Crippen molar-refractivity contribution in [1.82, 2.24) is 14.5 Å². The maximum Gasteiger partial charge on any atom is 0.354 e. The van der Waals surface area contributed by atoms with E-state index in [9.17, 15) is 9.90 Å². The van der Waals surface area contributed by atoms with Crippen LogP contribution in [0, 0.1) is 11.8 Å². The van der Waals surface area contributed by atoms with Gasteiger partial charge in [-0.2, -0.15) is 4.98 Å². The van der Waals surface area contributed by atoms with Gasteiger partial charge in [0, 0.05) is 7.11 Å². The Balaban J connectivity index is 2.57. The number of aliphatic hydroxyl groups excluding tert-OH is 1. The lowest BCUT2D eigenvalue weighted by Gasteiger charge is -2.29. The summed E-state index contributed by atoms with van der Waals surface area (Å²) in [5.74, 6) is 5.37. The van der Waals surface area contributed by atoms with Crippen LogP contribution in [0.4, 0.5) is 5.95 Å². The maximum atomic E-state index is 12.0. The summed E-state index contributed by atoms with van der Waals surface area (Å²) in [6, 6.07) is 0. The van der Waals surface area contributed by atoms with Crippen molar-refractivity contribution in [2.45, 2.75) is 43.9 Å². The molecule has 0 spiro atoms. The van der Waals surface area contributed by atoms with Crippen LogP contribution in [0.3, 0.4) is 0 Å². The summed E-state index contributed by atoms with van der Waals surface area (Å²) in [7, 11) is 1.44. The molecule has 1 aliphatic rings. The fourth-order valence-electron chi connectivity index (χ4n) is 2.60. The highest BCUT2D eigenvalue weighted by Crippen LogP contribution is 2.38. The average molecular weight is 309 g/mol. The second-order valence-corrected chi connectivity index (χ2v) is 5.06. The van der Waals surface area contributed by atoms with Gasteiger partial charge in [-0.3, -0.25) is 4.57 Å². The van der Waals surface area contributed by atoms with Crippen LogP contribution in [0.2, 0.25) is 0 Å². The molecular weight excluding hydrogens is 290 g/mol. The highest BCUT2D eigenvalue weighted by molar-refractivity contribution is 5.26. The van der Waals surface area contributed by atoms with Crippen molar-refractivity contribution in [3.8, 4) is 11.8 Å². The first-order valence-electron chi connectivity index (χ1n) is 6.65. The standard InChI is InChI=1S/C13H19N5O4/c1-4-5-13(15)9(21-3)8(7(2)19)22-10(13)18-6-16-11(14)17-12(18)20/h6-10,19H,15H2,1-3H3,(H2,14,17,20)/t7-,8+,9-,10+,13?/m0/s1. The Morgan fingerprint density at radius 1 is 1.64 bits per heavy atom. The molecule has 1 aliphatic heterocycles. The van der Waals surface area contributed by atoms with Gasteiger partial charge in [0.25, 0.3) is 0 Å². The summed E-state index contributed by atoms with van der Waals surface area (Å²) in [6.07, 6.45) is -2.20. The van der Waals surface area contributed by atoms with Crippen LogP contribution in [-0.2, 0) is 9.47 Å². The zero-order valence-electron chi connectivity index (χ0n) is 12.6. The number of ether oxygens (including phenoxy) is 2. The van der Waals surface area contributed by atoms with E-state index in [-0.39, 0.29) is 5.95 Å². The summed E-state index contributed by atoms with van der Waals surface area (Å²) >= 11 is 0. The third kappa shape index (κ3) is 2.57. The summed E-state index contributed by atoms with van der Waals surface area (Å²) in [4.78, 5) is 19.4. The second-order valence-electron chi connectivity index (χ2n) is 5.06. The van der Waals surface area contributed by atoms with Crippen LogP contribution in [0.15, 0.2) is 11.1 Å². The first kappa shape index (κ1) is 16.4. The largest absolute Gasteiger partial charge is 0.391 e. The van der Waals surface area contributed by atoms with Gasteiger partial charge in [0.15, 0.2) is 11.8 Å². The molecule has 0 saturated carbocycles. The summed E-state index contributed by atoms with van der Waals surface area (Å²) < 4.78 is 12.2. The molecule has 9 heteroatoms. The molecule has 0 aromatic carbocycles. The quantitative estimate of drug-likeness (QED) is 0.558. The van der Waals surface area contributed by atoms with E-state index in [0.717, 1.165) is 4.57 Å². The minimum Gasteiger partial charge on any atom is -0.391 e. The molecule has 2 rings (SSSR count). The lowest BCUT2D eigenvalue weighted by atomic mass is 9.90. The normalized spacial score (nSPS) is 32.3. The Kier molecular flexibility index (Phi) is 4.48. The molecule has 2 heterocycles. The molecule has 0 bridgehead atoms. The first-order valence-corrected chi connectivity index (χ1v) is 6.65. The molecular formula is C13H19N5O4. The highest BCUT2D eigenvalue weighted by Gasteiger charge is 2.57. The number of nitrogens with zero attached hydrogens (tertiary/aromatic N) is 3. The second kappa shape index (κ2) is 6.02. The maximum absolute atomic E-state index is 12.0. The Morgan fingerprint density at radius 2 is 2.32 bits per heavy atom. The Morgan fingerprint density at radius 3 is 2.82 bits per heavy atom. The molecule has 0 aliphatic carbocycles. The number of aliphatic hydroxyl groups is 1. The molecule has 120 valence electrons. The van der Waals surface area contributed by atoms with E-state index >= 15 is 0 Å². The topological polar surface area (TPSA) is 139 Å². The van der Waals surface area contributed by atoms with E-state index in [0.29, 0.717) is 0 Å². The summed E-state index contributed by atoms with van der Waals surface area (Å²) in [5, 5.41) is 9.88. The molecule has 1 aromatic heterocycles. The average Bonchev–Trinajstić information content (AvgIpc) is 2.72. The van der Waals surface area contributed by atoms with Crippen LogP contribution < -0.4 is 17.2 Å². The first-order chi connectivity index (χ1) is 10.3. The van der Waals surface area contributed by atoms with Crippen LogP contribution >= 0.6 is 0 Å². The van der Waals surface area contributed by atoms with Crippen molar-refractivity contribution >= 4 is 5.95 Å². The van der Waals surface area contributed by atoms with Gasteiger partial charge in [0.2, 0.25) is 5.95 Å². The predicted molar refractivity (Wildman–Crippen MR) is 77.5 cm³/mol. The number of nitrogen functional groups attached to an aromatic ring is 1. The molecule has 1 aromatic rings. The molecule has 1 fully saturated rings. The number of hydrogen-bond donors (Lipinski definition) is 3. The van der Waals surface area contributed by atoms with Crippen molar-refractivity contribution < 1.29 is 14.6 Å². The van der Waals surface area contributed by atoms with E-state index in [4.69, 9.17) is 20.9 Å². The SMILES string of the molecule is CC#CC1(N)[C@@H](OC)[C@@H]([C@H](C)O)O[C@H]1n1cnc(N)nc1=O. The molecule has 1 saturated heterocycles. The van der Waals surface area contributed by atoms with E-state index in [2.05, 4.69) is 21.8 Å². The zero-order valence-corrected chi connectivity index (χ0v) is 12.6. The van der Waals surface area contributed by atoms with Crippen LogP contribution in [0.25, 0.3) is 0 Å². The highest BCUT2D eigenvalue weighted by atomic mass is 16.6. The van der Waals surface area contributed by atoms with Gasteiger partial charge in [0.1, 0.15) is 18.5 Å². The minimum atomic E-state index is -1.35. The zero-order chi connectivity index (χ0) is 16.5. The number of hydrogen-bond acceptors (Lipinski definition) is 8. The third-order valence-electron chi connectivity index (χ3n) is 3.53. The van der Waals surface area contributed by atoms with Crippen molar-refractivity contribution in [3.63, 3.8) is 0 Å². The number of rotatable bonds is 3. The molecule has 0 radical (unpaired) electrons. The van der Waals surface area contributed by atoms with E-state index in [1.54, 1.807) is 13.8 Å². The lowest BCUT2D eigenvalue weighted by Crippen LogP contribution is -2.56. The summed E-state index contributed by atoms with van der Waals surface area (Å²) in [5.41, 5.74) is 9.71. The Hall–Kier alpha value is -1.99. The van der Waals surface area contributed by atoms with E-state index in [1.807, 2.05) is 0 Å². The number of aromatic nitrogens is 3. The van der Waals surface area contributed by atoms with Crippen molar-refractivity contribution in [2.75, 3.05) is 12.8 Å². The Bertz CT molecular complexity index is 664. The van der Waals surface area contributed by atoms with Gasteiger partial charge in [0.05, 0.1) is 6.10 Å². The fourth-order valence-corrected chi connectivity index (χ4v) is 2.60. The van der Waals surface area contributed by atoms with Gasteiger partial charge in [-0.25, -0.2) is 9.78 Å². The number of nitrogens with two attached hydrogens (primary N) is 2. The van der Waals surface area contributed by atoms with Crippen molar-refractivity contribution in [1.29, 1.82) is 0 Å². The molecule has 0 amide bonds. The smallest absolute Gasteiger partial charge is 0.354 e. The fraction of sp³-hybridized carbons (Fsp3) is 0.615. The molecule has 5 N–H and O–H groups in total. The molecule has 22 heavy (non-hydrogen) atoms. The van der Waals surface area contributed by atoms with Gasteiger partial charge < -0.3 is 26.0 Å². The van der Waals surface area contributed by atoms with Crippen molar-refractivity contribution in [3.05, 3.63) is 16.8 Å². The Labute approximate surface area is 127 Å². The van der Waals surface area contributed by atoms with Crippen LogP contribution in [0.1, 0.15) is 20.1 Å². The van der Waals surface area contributed by atoms with Crippen LogP contribution in [0.5, 0.6) is 0 Å². The van der Waals surface area contributed by atoms with E-state index in [1.165, 1.54) is 13.4 Å². The summed E-state index contributed by atoms with van der Waals surface area (Å²) in [6.45, 7) is 3.15. The van der Waals surface area contributed by atoms with Gasteiger partial charge in [-0.15, -0.1) is 5.92 Å². The van der Waals surface area contributed by atoms with Gasteiger partial charge in [-0.05, 0) is 13.8 Å². The number of anilines is 1. The van der Waals surface area contributed by atoms with Gasteiger partial charge in [-0.1, -0.05) is 5.92 Å². The number of methoxy groups -OCH3 is 1. The van der Waals surface area contributed by atoms with Gasteiger partial charge >= 0.3 is 5.69 Å².